The van der Waals surface area contributed by atoms with Crippen LogP contribution in [-0.4, -0.2) is 23.9 Å². The molecule has 0 fully saturated rings. The standard InChI is InChI=1S/C12H16N4/c1-9-12(13)8-16(14-9)11-6-4-10(5-7-11)15(2)3/h4-8H,13H2,1-3H3. The van der Waals surface area contributed by atoms with E-state index in [2.05, 4.69) is 22.1 Å². The molecule has 0 amide bonds. The number of anilines is 2. The molecule has 0 atom stereocenters. The molecule has 0 unspecified atom stereocenters. The van der Waals surface area contributed by atoms with Crippen molar-refractivity contribution in [1.82, 2.24) is 9.78 Å². The summed E-state index contributed by atoms with van der Waals surface area (Å²) in [5, 5.41) is 4.33. The van der Waals surface area contributed by atoms with Gasteiger partial charge in [0, 0.05) is 19.8 Å². The maximum atomic E-state index is 5.76. The molecule has 4 nitrogen and oxygen atoms in total. The molecule has 16 heavy (non-hydrogen) atoms. The third-order valence-electron chi connectivity index (χ3n) is 2.57. The predicted molar refractivity (Wildman–Crippen MR) is 67.0 cm³/mol. The molecular weight excluding hydrogens is 200 g/mol. The molecule has 0 saturated heterocycles. The van der Waals surface area contributed by atoms with Crippen LogP contribution >= 0.6 is 0 Å². The van der Waals surface area contributed by atoms with Crippen molar-refractivity contribution in [2.24, 2.45) is 0 Å². The van der Waals surface area contributed by atoms with Gasteiger partial charge in [-0.1, -0.05) is 0 Å². The molecule has 0 saturated carbocycles. The van der Waals surface area contributed by atoms with E-state index >= 15 is 0 Å². The molecule has 2 aromatic rings. The van der Waals surface area contributed by atoms with Crippen LogP contribution in [0.25, 0.3) is 5.69 Å². The van der Waals surface area contributed by atoms with E-state index in [0.717, 1.165) is 17.1 Å². The first-order chi connectivity index (χ1) is 7.58. The Bertz CT molecular complexity index is 463. The Morgan fingerprint density at radius 2 is 1.81 bits per heavy atom. The number of aromatic nitrogens is 2. The molecule has 0 aliphatic carbocycles. The topological polar surface area (TPSA) is 47.1 Å². The smallest absolute Gasteiger partial charge is 0.0827 e. The largest absolute Gasteiger partial charge is 0.396 e. The molecule has 2 N–H and O–H groups in total. The Morgan fingerprint density at radius 1 is 1.19 bits per heavy atom. The summed E-state index contributed by atoms with van der Waals surface area (Å²) < 4.78 is 1.80. The van der Waals surface area contributed by atoms with Crippen molar-refractivity contribution in [1.29, 1.82) is 0 Å². The van der Waals surface area contributed by atoms with Gasteiger partial charge in [0.1, 0.15) is 0 Å². The Labute approximate surface area is 95.3 Å². The summed E-state index contributed by atoms with van der Waals surface area (Å²) in [4.78, 5) is 2.06. The molecule has 1 aromatic heterocycles. The number of hydrogen-bond donors (Lipinski definition) is 1. The van der Waals surface area contributed by atoms with Crippen LogP contribution in [0.5, 0.6) is 0 Å². The monoisotopic (exact) mass is 216 g/mol. The molecule has 0 radical (unpaired) electrons. The van der Waals surface area contributed by atoms with Gasteiger partial charge in [0.15, 0.2) is 0 Å². The lowest BCUT2D eigenvalue weighted by atomic mass is 10.2. The summed E-state index contributed by atoms with van der Waals surface area (Å²) in [5.74, 6) is 0. The Kier molecular flexibility index (Phi) is 2.56. The van der Waals surface area contributed by atoms with Crippen LogP contribution in [0.15, 0.2) is 30.5 Å². The molecule has 84 valence electrons. The van der Waals surface area contributed by atoms with Crippen molar-refractivity contribution >= 4 is 11.4 Å². The number of hydrogen-bond acceptors (Lipinski definition) is 3. The van der Waals surface area contributed by atoms with E-state index in [4.69, 9.17) is 5.73 Å². The highest BCUT2D eigenvalue weighted by molar-refractivity contribution is 5.51. The zero-order valence-electron chi connectivity index (χ0n) is 9.81. The summed E-state index contributed by atoms with van der Waals surface area (Å²) in [7, 11) is 4.04. The van der Waals surface area contributed by atoms with Gasteiger partial charge in [0.05, 0.1) is 23.3 Å². The Hall–Kier alpha value is -1.97. The van der Waals surface area contributed by atoms with Crippen LogP contribution in [0.4, 0.5) is 11.4 Å². The van der Waals surface area contributed by atoms with Crippen LogP contribution < -0.4 is 10.6 Å². The number of nitrogens with two attached hydrogens (primary N) is 1. The SMILES string of the molecule is Cc1nn(-c2ccc(N(C)C)cc2)cc1N. The van der Waals surface area contributed by atoms with Gasteiger partial charge in [0.2, 0.25) is 0 Å². The van der Waals surface area contributed by atoms with Crippen molar-refractivity contribution in [2.45, 2.75) is 6.92 Å². The highest BCUT2D eigenvalue weighted by atomic mass is 15.3. The van der Waals surface area contributed by atoms with Crippen LogP contribution in [0.2, 0.25) is 0 Å². The minimum absolute atomic E-state index is 0.719. The third-order valence-corrected chi connectivity index (χ3v) is 2.57. The lowest BCUT2D eigenvalue weighted by molar-refractivity contribution is 0.862. The maximum absolute atomic E-state index is 5.76. The highest BCUT2D eigenvalue weighted by Gasteiger charge is 2.03. The second-order valence-electron chi connectivity index (χ2n) is 4.03. The Balaban J connectivity index is 2.34. The number of benzene rings is 1. The Morgan fingerprint density at radius 3 is 2.25 bits per heavy atom. The van der Waals surface area contributed by atoms with E-state index in [1.54, 1.807) is 4.68 Å². The van der Waals surface area contributed by atoms with Crippen molar-refractivity contribution in [2.75, 3.05) is 24.7 Å². The molecule has 0 aliphatic rings. The molecular formula is C12H16N4. The summed E-state index contributed by atoms with van der Waals surface area (Å²) in [6, 6.07) is 8.17. The molecule has 0 spiro atoms. The van der Waals surface area contributed by atoms with Crippen LogP contribution in [0.1, 0.15) is 5.69 Å². The summed E-state index contributed by atoms with van der Waals surface area (Å²) in [6.45, 7) is 1.90. The quantitative estimate of drug-likeness (QED) is 0.833. The third kappa shape index (κ3) is 1.86. The molecule has 1 aromatic carbocycles. The molecule has 4 heteroatoms. The lowest BCUT2D eigenvalue weighted by Gasteiger charge is -2.12. The average Bonchev–Trinajstić information content (AvgIpc) is 2.59. The van der Waals surface area contributed by atoms with E-state index in [9.17, 15) is 0 Å². The van der Waals surface area contributed by atoms with E-state index in [1.165, 1.54) is 5.69 Å². The fraction of sp³-hybridized carbons (Fsp3) is 0.250. The second kappa shape index (κ2) is 3.89. The van der Waals surface area contributed by atoms with Crippen molar-refractivity contribution in [3.05, 3.63) is 36.2 Å². The number of aryl methyl sites for hydroxylation is 1. The summed E-state index contributed by atoms with van der Waals surface area (Å²) in [6.07, 6.45) is 1.83. The maximum Gasteiger partial charge on any atom is 0.0827 e. The first kappa shape index (κ1) is 10.5. The first-order valence-electron chi connectivity index (χ1n) is 5.17. The van der Waals surface area contributed by atoms with Crippen LogP contribution in [-0.2, 0) is 0 Å². The van der Waals surface area contributed by atoms with Gasteiger partial charge in [-0.15, -0.1) is 0 Å². The first-order valence-corrected chi connectivity index (χ1v) is 5.17. The fourth-order valence-corrected chi connectivity index (χ4v) is 1.51. The van der Waals surface area contributed by atoms with E-state index < -0.39 is 0 Å². The number of rotatable bonds is 2. The van der Waals surface area contributed by atoms with Gasteiger partial charge in [-0.05, 0) is 31.2 Å². The van der Waals surface area contributed by atoms with Crippen molar-refractivity contribution in [3.8, 4) is 5.69 Å². The second-order valence-corrected chi connectivity index (χ2v) is 4.03. The minimum Gasteiger partial charge on any atom is -0.396 e. The van der Waals surface area contributed by atoms with E-state index in [1.807, 2.05) is 39.3 Å². The predicted octanol–water partition coefficient (Wildman–Crippen LogP) is 1.83. The molecule has 0 aliphatic heterocycles. The van der Waals surface area contributed by atoms with E-state index in [0.29, 0.717) is 0 Å². The minimum atomic E-state index is 0.719. The van der Waals surface area contributed by atoms with Crippen molar-refractivity contribution in [3.63, 3.8) is 0 Å². The molecule has 1 heterocycles. The average molecular weight is 216 g/mol. The van der Waals surface area contributed by atoms with Crippen LogP contribution in [0.3, 0.4) is 0 Å². The number of nitrogens with zero attached hydrogens (tertiary/aromatic N) is 3. The van der Waals surface area contributed by atoms with E-state index in [-0.39, 0.29) is 0 Å². The van der Waals surface area contributed by atoms with Crippen LogP contribution in [0, 0.1) is 6.92 Å². The number of nitrogen functional groups attached to an aromatic ring is 1. The van der Waals surface area contributed by atoms with Gasteiger partial charge >= 0.3 is 0 Å². The van der Waals surface area contributed by atoms with Gasteiger partial charge in [0.25, 0.3) is 0 Å². The van der Waals surface area contributed by atoms with Gasteiger partial charge in [-0.25, -0.2) is 4.68 Å². The summed E-state index contributed by atoms with van der Waals surface area (Å²) in [5.41, 5.74) is 9.53. The zero-order valence-corrected chi connectivity index (χ0v) is 9.81. The normalized spacial score (nSPS) is 10.4. The highest BCUT2D eigenvalue weighted by Crippen LogP contribution is 2.17. The van der Waals surface area contributed by atoms with Gasteiger partial charge < -0.3 is 10.6 Å². The molecule has 2 rings (SSSR count). The summed E-state index contributed by atoms with van der Waals surface area (Å²) >= 11 is 0. The van der Waals surface area contributed by atoms with Gasteiger partial charge in [-0.3, -0.25) is 0 Å². The van der Waals surface area contributed by atoms with Gasteiger partial charge in [-0.2, -0.15) is 5.10 Å². The lowest BCUT2D eigenvalue weighted by Crippen LogP contribution is -2.08. The zero-order chi connectivity index (χ0) is 11.7. The van der Waals surface area contributed by atoms with Crippen molar-refractivity contribution < 1.29 is 0 Å². The molecule has 0 bridgehead atoms. The fourth-order valence-electron chi connectivity index (χ4n) is 1.51.